The van der Waals surface area contributed by atoms with Crippen LogP contribution in [0.25, 0.3) is 0 Å². The van der Waals surface area contributed by atoms with E-state index in [1.807, 2.05) is 26.0 Å². The van der Waals surface area contributed by atoms with E-state index in [-0.39, 0.29) is 35.3 Å². The summed E-state index contributed by atoms with van der Waals surface area (Å²) in [5, 5.41) is 12.6. The number of hydrogen-bond donors (Lipinski definition) is 2. The lowest BCUT2D eigenvalue weighted by molar-refractivity contribution is -0.154. The third-order valence-electron chi connectivity index (χ3n) is 5.14. The first-order chi connectivity index (χ1) is 10.9. The Balaban J connectivity index is 1.85. The van der Waals surface area contributed by atoms with Gasteiger partial charge in [-0.25, -0.2) is 0 Å². The molecule has 0 aliphatic carbocycles. The number of hydrogen-bond acceptors (Lipinski definition) is 3. The van der Waals surface area contributed by atoms with Gasteiger partial charge in [0.1, 0.15) is 17.8 Å². The molecule has 5 nitrogen and oxygen atoms in total. The maximum Gasteiger partial charge on any atom is 0.246 e. The number of benzene rings is 1. The third kappa shape index (κ3) is 2.80. The fourth-order valence-electron chi connectivity index (χ4n) is 3.82. The molecule has 0 saturated carbocycles. The highest BCUT2D eigenvalue weighted by atomic mass is 16.3. The Hall–Kier alpha value is -2.04. The van der Waals surface area contributed by atoms with Crippen LogP contribution < -0.4 is 5.32 Å². The molecule has 124 valence electrons. The number of piperidine rings is 1. The average molecular weight is 316 g/mol. The predicted molar refractivity (Wildman–Crippen MR) is 86.9 cm³/mol. The van der Waals surface area contributed by atoms with Crippen molar-refractivity contribution in [2.24, 2.45) is 11.8 Å². The van der Waals surface area contributed by atoms with E-state index in [4.69, 9.17) is 0 Å². The van der Waals surface area contributed by atoms with E-state index in [1.54, 1.807) is 17.0 Å². The molecule has 2 fully saturated rings. The first-order valence-electron chi connectivity index (χ1n) is 8.28. The van der Waals surface area contributed by atoms with Crippen molar-refractivity contribution in [1.82, 2.24) is 10.2 Å². The molecule has 0 bridgehead atoms. The number of phenolic OH excluding ortho intramolecular Hbond substituents is 1. The van der Waals surface area contributed by atoms with E-state index in [1.165, 1.54) is 0 Å². The summed E-state index contributed by atoms with van der Waals surface area (Å²) in [6.07, 6.45) is 0.604. The number of carbonyl (C=O) groups is 2. The second-order valence-electron chi connectivity index (χ2n) is 7.15. The first kappa shape index (κ1) is 15.8. The number of rotatable bonds is 2. The lowest BCUT2D eigenvalue weighted by Gasteiger charge is -2.47. The van der Waals surface area contributed by atoms with Crippen LogP contribution in [-0.4, -0.2) is 40.4 Å². The highest BCUT2D eigenvalue weighted by Gasteiger charge is 2.46. The zero-order chi connectivity index (χ0) is 16.7. The maximum absolute atomic E-state index is 12.7. The summed E-state index contributed by atoms with van der Waals surface area (Å²) in [7, 11) is 0. The van der Waals surface area contributed by atoms with Crippen molar-refractivity contribution in [3.05, 3.63) is 29.8 Å². The number of fused-ring (bicyclic) bond motifs is 1. The van der Waals surface area contributed by atoms with Gasteiger partial charge in [-0.1, -0.05) is 32.9 Å². The molecule has 4 atom stereocenters. The monoisotopic (exact) mass is 316 g/mol. The third-order valence-corrected chi connectivity index (χ3v) is 5.14. The molecule has 2 N–H and O–H groups in total. The molecule has 2 aliphatic rings. The van der Waals surface area contributed by atoms with Gasteiger partial charge >= 0.3 is 0 Å². The minimum atomic E-state index is -0.414. The SMILES string of the molecule is CC(C)C1NC(=O)C2CC(c3cccc(O)c3)C(C)CN2C1=O. The van der Waals surface area contributed by atoms with Gasteiger partial charge in [0.25, 0.3) is 0 Å². The van der Waals surface area contributed by atoms with Crippen molar-refractivity contribution in [2.45, 2.75) is 45.2 Å². The predicted octanol–water partition coefficient (Wildman–Crippen LogP) is 1.87. The van der Waals surface area contributed by atoms with Gasteiger partial charge in [0.05, 0.1) is 0 Å². The van der Waals surface area contributed by atoms with Crippen molar-refractivity contribution in [3.8, 4) is 5.75 Å². The van der Waals surface area contributed by atoms with Gasteiger partial charge in [-0.15, -0.1) is 0 Å². The Kier molecular flexibility index (Phi) is 4.04. The number of phenols is 1. The Morgan fingerprint density at radius 2 is 2.04 bits per heavy atom. The lowest BCUT2D eigenvalue weighted by atomic mass is 9.77. The number of nitrogens with zero attached hydrogens (tertiary/aromatic N) is 1. The highest BCUT2D eigenvalue weighted by Crippen LogP contribution is 2.38. The van der Waals surface area contributed by atoms with Gasteiger partial charge in [0, 0.05) is 6.54 Å². The molecule has 0 spiro atoms. The van der Waals surface area contributed by atoms with E-state index < -0.39 is 12.1 Å². The molecule has 4 unspecified atom stereocenters. The van der Waals surface area contributed by atoms with Crippen LogP contribution in [-0.2, 0) is 9.59 Å². The highest BCUT2D eigenvalue weighted by molar-refractivity contribution is 5.97. The second-order valence-corrected chi connectivity index (χ2v) is 7.15. The molecule has 23 heavy (non-hydrogen) atoms. The molecule has 3 rings (SSSR count). The fraction of sp³-hybridized carbons (Fsp3) is 0.556. The van der Waals surface area contributed by atoms with Gasteiger partial charge in [-0.2, -0.15) is 0 Å². The molecule has 2 amide bonds. The average Bonchev–Trinajstić information content (AvgIpc) is 2.50. The van der Waals surface area contributed by atoms with Crippen LogP contribution in [0.2, 0.25) is 0 Å². The minimum absolute atomic E-state index is 0.0332. The van der Waals surface area contributed by atoms with Crippen molar-refractivity contribution < 1.29 is 14.7 Å². The number of carbonyl (C=O) groups excluding carboxylic acids is 2. The molecule has 1 aromatic rings. The van der Waals surface area contributed by atoms with Gasteiger partial charge in [-0.05, 0) is 41.9 Å². The first-order valence-corrected chi connectivity index (χ1v) is 8.28. The zero-order valence-corrected chi connectivity index (χ0v) is 13.8. The van der Waals surface area contributed by atoms with Crippen LogP contribution in [0.15, 0.2) is 24.3 Å². The summed E-state index contributed by atoms with van der Waals surface area (Å²) in [5.41, 5.74) is 1.03. The van der Waals surface area contributed by atoms with Crippen molar-refractivity contribution in [1.29, 1.82) is 0 Å². The molecule has 2 saturated heterocycles. The zero-order valence-electron chi connectivity index (χ0n) is 13.8. The molecular weight excluding hydrogens is 292 g/mol. The normalized spacial score (nSPS) is 31.0. The number of aromatic hydroxyl groups is 1. The van der Waals surface area contributed by atoms with E-state index in [0.29, 0.717) is 13.0 Å². The summed E-state index contributed by atoms with van der Waals surface area (Å²) in [5.74, 6) is 0.715. The largest absolute Gasteiger partial charge is 0.508 e. The quantitative estimate of drug-likeness (QED) is 0.875. The van der Waals surface area contributed by atoms with Crippen molar-refractivity contribution in [2.75, 3.05) is 6.54 Å². The molecule has 0 aromatic heterocycles. The number of piperazine rings is 1. The maximum atomic E-state index is 12.7. The molecule has 0 radical (unpaired) electrons. The Labute approximate surface area is 136 Å². The number of nitrogens with one attached hydrogen (secondary N) is 1. The summed E-state index contributed by atoms with van der Waals surface area (Å²) in [6.45, 7) is 6.59. The van der Waals surface area contributed by atoms with Crippen LogP contribution in [0, 0.1) is 11.8 Å². The summed E-state index contributed by atoms with van der Waals surface area (Å²) >= 11 is 0. The molecular formula is C18H24N2O3. The summed E-state index contributed by atoms with van der Waals surface area (Å²) < 4.78 is 0. The second kappa shape index (κ2) is 5.87. The standard InChI is InChI=1S/C18H24N2O3/c1-10(2)16-18(23)20-9-11(3)14(8-15(20)17(22)19-16)12-5-4-6-13(21)7-12/h4-7,10-11,14-16,21H,8-9H2,1-3H3,(H,19,22). The van der Waals surface area contributed by atoms with Gasteiger partial charge in [0.15, 0.2) is 0 Å². The van der Waals surface area contributed by atoms with Gasteiger partial charge < -0.3 is 15.3 Å². The number of amides is 2. The minimum Gasteiger partial charge on any atom is -0.508 e. The van der Waals surface area contributed by atoms with E-state index in [0.717, 1.165) is 5.56 Å². The van der Waals surface area contributed by atoms with E-state index in [2.05, 4.69) is 12.2 Å². The van der Waals surface area contributed by atoms with Crippen LogP contribution in [0.5, 0.6) is 5.75 Å². The molecule has 2 aliphatic heterocycles. The van der Waals surface area contributed by atoms with Crippen molar-refractivity contribution >= 4 is 11.8 Å². The van der Waals surface area contributed by atoms with Crippen LogP contribution >= 0.6 is 0 Å². The smallest absolute Gasteiger partial charge is 0.246 e. The van der Waals surface area contributed by atoms with E-state index >= 15 is 0 Å². The topological polar surface area (TPSA) is 69.6 Å². The van der Waals surface area contributed by atoms with Crippen LogP contribution in [0.4, 0.5) is 0 Å². The Bertz CT molecular complexity index is 628. The van der Waals surface area contributed by atoms with E-state index in [9.17, 15) is 14.7 Å². The Morgan fingerprint density at radius 1 is 1.30 bits per heavy atom. The van der Waals surface area contributed by atoms with Gasteiger partial charge in [0.2, 0.25) is 11.8 Å². The van der Waals surface area contributed by atoms with Crippen molar-refractivity contribution in [3.63, 3.8) is 0 Å². The molecule has 5 heteroatoms. The fourth-order valence-corrected chi connectivity index (χ4v) is 3.82. The molecule has 2 heterocycles. The summed E-state index contributed by atoms with van der Waals surface area (Å²) in [4.78, 5) is 26.9. The summed E-state index contributed by atoms with van der Waals surface area (Å²) in [6, 6.07) is 6.40. The lowest BCUT2D eigenvalue weighted by Crippen LogP contribution is -2.67. The van der Waals surface area contributed by atoms with Crippen LogP contribution in [0.1, 0.15) is 38.7 Å². The molecule has 1 aromatic carbocycles. The van der Waals surface area contributed by atoms with Crippen LogP contribution in [0.3, 0.4) is 0 Å². The Morgan fingerprint density at radius 3 is 2.70 bits per heavy atom. The van der Waals surface area contributed by atoms with Gasteiger partial charge in [-0.3, -0.25) is 9.59 Å².